The summed E-state index contributed by atoms with van der Waals surface area (Å²) >= 11 is 0. The van der Waals surface area contributed by atoms with Crippen molar-refractivity contribution in [3.63, 3.8) is 0 Å². The molecule has 10 heteroatoms. The number of fused-ring (bicyclic) bond motifs is 2. The van der Waals surface area contributed by atoms with Crippen molar-refractivity contribution in [2.45, 2.75) is 51.2 Å². The molecule has 218 valence electrons. The van der Waals surface area contributed by atoms with Crippen LogP contribution in [0.25, 0.3) is 11.1 Å². The minimum Gasteiger partial charge on any atom is -0.491 e. The van der Waals surface area contributed by atoms with E-state index >= 15 is 0 Å². The van der Waals surface area contributed by atoms with Crippen molar-refractivity contribution in [1.82, 2.24) is 9.88 Å². The summed E-state index contributed by atoms with van der Waals surface area (Å²) in [5.41, 5.74) is 4.53. The number of methoxy groups -OCH3 is 1. The number of para-hydroxylation sites is 1. The number of esters is 1. The summed E-state index contributed by atoms with van der Waals surface area (Å²) < 4.78 is 29.1. The predicted molar refractivity (Wildman–Crippen MR) is 155 cm³/mol. The number of aryl methyl sites for hydroxylation is 1. The molecule has 0 saturated carbocycles. The van der Waals surface area contributed by atoms with E-state index in [0.717, 1.165) is 16.8 Å². The molecule has 2 aliphatic heterocycles. The molecule has 0 aliphatic carbocycles. The molecule has 1 amide bonds. The van der Waals surface area contributed by atoms with Crippen molar-refractivity contribution < 1.29 is 33.0 Å². The van der Waals surface area contributed by atoms with Crippen LogP contribution in [0.1, 0.15) is 35.3 Å². The van der Waals surface area contributed by atoms with Gasteiger partial charge in [-0.25, -0.2) is 4.79 Å². The number of rotatable bonds is 8. The zero-order valence-electron chi connectivity index (χ0n) is 24.0. The molecule has 2 fully saturated rings. The third-order valence-electron chi connectivity index (χ3n) is 7.59. The van der Waals surface area contributed by atoms with Crippen molar-refractivity contribution in [2.24, 2.45) is 0 Å². The van der Waals surface area contributed by atoms with E-state index in [1.54, 1.807) is 29.2 Å². The topological polar surface area (TPSA) is 112 Å². The highest BCUT2D eigenvalue weighted by atomic mass is 16.8. The molecule has 42 heavy (non-hydrogen) atoms. The molecule has 10 nitrogen and oxygen atoms in total. The van der Waals surface area contributed by atoms with Gasteiger partial charge in [0.2, 0.25) is 5.91 Å². The fraction of sp³-hybridized carbons (Fsp3) is 0.344. The van der Waals surface area contributed by atoms with E-state index in [0.29, 0.717) is 35.0 Å². The first kappa shape index (κ1) is 27.7. The highest BCUT2D eigenvalue weighted by Crippen LogP contribution is 2.37. The number of nitrogens with zero attached hydrogens (tertiary/aromatic N) is 2. The Hall–Kier alpha value is -4.41. The second kappa shape index (κ2) is 11.1. The Morgan fingerprint density at radius 3 is 2.62 bits per heavy atom. The Balaban J connectivity index is 1.16. The number of ether oxygens (including phenoxy) is 4. The van der Waals surface area contributed by atoms with Gasteiger partial charge in [0.25, 0.3) is 6.01 Å². The van der Waals surface area contributed by atoms with E-state index in [2.05, 4.69) is 10.3 Å². The lowest BCUT2D eigenvalue weighted by Gasteiger charge is -2.30. The van der Waals surface area contributed by atoms with Crippen molar-refractivity contribution in [3.8, 4) is 5.75 Å². The van der Waals surface area contributed by atoms with Crippen LogP contribution in [-0.2, 0) is 25.4 Å². The van der Waals surface area contributed by atoms with Crippen LogP contribution in [0, 0.1) is 6.92 Å². The lowest BCUT2D eigenvalue weighted by molar-refractivity contribution is -0.168. The smallest absolute Gasteiger partial charge is 0.337 e. The summed E-state index contributed by atoms with van der Waals surface area (Å²) in [4.78, 5) is 31.7. The number of hydrogen-bond acceptors (Lipinski definition) is 9. The van der Waals surface area contributed by atoms with Crippen molar-refractivity contribution in [1.29, 1.82) is 0 Å². The van der Waals surface area contributed by atoms with E-state index in [1.807, 2.05) is 63.2 Å². The normalized spacial score (nSPS) is 20.9. The molecule has 3 aromatic carbocycles. The van der Waals surface area contributed by atoms with E-state index < -0.39 is 11.8 Å². The highest BCUT2D eigenvalue weighted by Gasteiger charge is 2.54. The second-order valence-corrected chi connectivity index (χ2v) is 11.0. The Kier molecular flexibility index (Phi) is 7.34. The third-order valence-corrected chi connectivity index (χ3v) is 7.59. The van der Waals surface area contributed by atoms with Crippen LogP contribution in [0.2, 0.25) is 0 Å². The molecule has 0 spiro atoms. The minimum absolute atomic E-state index is 0.0684. The second-order valence-electron chi connectivity index (χ2n) is 11.0. The van der Waals surface area contributed by atoms with Gasteiger partial charge in [0.1, 0.15) is 30.1 Å². The van der Waals surface area contributed by atoms with Gasteiger partial charge in [-0.3, -0.25) is 4.79 Å². The Bertz CT molecular complexity index is 1610. The van der Waals surface area contributed by atoms with Gasteiger partial charge in [-0.1, -0.05) is 24.3 Å². The molecular weight excluding hydrogens is 538 g/mol. The van der Waals surface area contributed by atoms with Gasteiger partial charge in [0.05, 0.1) is 31.7 Å². The lowest BCUT2D eigenvalue weighted by Crippen LogP contribution is -2.46. The van der Waals surface area contributed by atoms with Crippen LogP contribution in [0.15, 0.2) is 71.1 Å². The average Bonchev–Trinajstić information content (AvgIpc) is 3.61. The Labute approximate surface area is 243 Å². The molecule has 4 aromatic rings. The maximum absolute atomic E-state index is 13.7. The zero-order chi connectivity index (χ0) is 29.4. The number of oxazole rings is 1. The first-order valence-electron chi connectivity index (χ1n) is 13.9. The molecule has 2 aliphatic rings. The molecule has 0 bridgehead atoms. The number of carbonyl (C=O) groups is 2. The van der Waals surface area contributed by atoms with E-state index in [1.165, 1.54) is 7.11 Å². The molecule has 0 radical (unpaired) electrons. The molecule has 3 atom stereocenters. The number of aromatic nitrogens is 1. The Morgan fingerprint density at radius 1 is 1.07 bits per heavy atom. The largest absolute Gasteiger partial charge is 0.491 e. The van der Waals surface area contributed by atoms with Crippen LogP contribution in [0.3, 0.4) is 0 Å². The molecule has 3 heterocycles. The summed E-state index contributed by atoms with van der Waals surface area (Å²) in [7, 11) is 1.34. The number of carbonyl (C=O) groups excluding carboxylic acids is 2. The Morgan fingerprint density at radius 2 is 1.86 bits per heavy atom. The summed E-state index contributed by atoms with van der Waals surface area (Å²) in [5.74, 6) is -0.659. The maximum Gasteiger partial charge on any atom is 0.337 e. The number of hydrogen-bond donors (Lipinski definition) is 1. The maximum atomic E-state index is 13.7. The van der Waals surface area contributed by atoms with Crippen LogP contribution in [-0.4, -0.2) is 66.1 Å². The van der Waals surface area contributed by atoms with E-state index in [4.69, 9.17) is 23.4 Å². The first-order chi connectivity index (χ1) is 20.2. The van der Waals surface area contributed by atoms with Gasteiger partial charge >= 0.3 is 5.97 Å². The van der Waals surface area contributed by atoms with Crippen molar-refractivity contribution >= 4 is 34.7 Å². The SMILES string of the molecule is COC(=O)c1ccc(OC[C@@H]2[C@H]3OC(C)(C)O[C@H]3CN2C(=O)Cc2ccc3nc(Nc4ccccc4C)oc3c2)cc1. The van der Waals surface area contributed by atoms with E-state index in [-0.39, 0.29) is 37.2 Å². The molecular formula is C32H33N3O7. The number of anilines is 2. The summed E-state index contributed by atoms with van der Waals surface area (Å²) in [6.07, 6.45) is -0.416. The standard InChI is InChI=1S/C32H33N3O7/c1-19-7-5-6-8-23(19)33-31-34-24-14-9-20(15-26(24)40-31)16-28(36)35-17-27-29(42-32(2,3)41-27)25(35)18-39-22-12-10-21(11-13-22)30(37)38-4/h5-15,25,27,29H,16-18H2,1-4H3,(H,33,34)/t25-,27+,29-/m1/s1. The molecule has 2 saturated heterocycles. The molecule has 1 aromatic heterocycles. The summed E-state index contributed by atoms with van der Waals surface area (Å²) in [6, 6.07) is 20.2. The monoisotopic (exact) mass is 571 g/mol. The fourth-order valence-corrected chi connectivity index (χ4v) is 5.53. The molecule has 6 rings (SSSR count). The lowest BCUT2D eigenvalue weighted by atomic mass is 10.1. The number of likely N-dealkylation sites (tertiary alicyclic amines) is 1. The predicted octanol–water partition coefficient (Wildman–Crippen LogP) is 5.02. The fourth-order valence-electron chi connectivity index (χ4n) is 5.53. The van der Waals surface area contributed by atoms with Crippen LogP contribution >= 0.6 is 0 Å². The summed E-state index contributed by atoms with van der Waals surface area (Å²) in [5, 5.41) is 3.22. The van der Waals surface area contributed by atoms with Crippen molar-refractivity contribution in [3.05, 3.63) is 83.4 Å². The number of nitrogens with one attached hydrogen (secondary N) is 1. The zero-order valence-corrected chi connectivity index (χ0v) is 24.0. The van der Waals surface area contributed by atoms with Gasteiger partial charge < -0.3 is 33.6 Å². The van der Waals surface area contributed by atoms with Crippen LogP contribution in [0.4, 0.5) is 11.7 Å². The van der Waals surface area contributed by atoms with Gasteiger partial charge in [0.15, 0.2) is 11.4 Å². The van der Waals surface area contributed by atoms with Crippen molar-refractivity contribution in [2.75, 3.05) is 25.6 Å². The first-order valence-corrected chi connectivity index (χ1v) is 13.9. The van der Waals surface area contributed by atoms with Crippen LogP contribution in [0.5, 0.6) is 5.75 Å². The molecule has 1 N–H and O–H groups in total. The molecule has 0 unspecified atom stereocenters. The van der Waals surface area contributed by atoms with E-state index in [9.17, 15) is 9.59 Å². The summed E-state index contributed by atoms with van der Waals surface area (Å²) in [6.45, 7) is 6.36. The number of amides is 1. The minimum atomic E-state index is -0.744. The number of benzene rings is 3. The van der Waals surface area contributed by atoms with Gasteiger partial charge in [0, 0.05) is 5.69 Å². The third kappa shape index (κ3) is 5.68. The quantitative estimate of drug-likeness (QED) is 0.291. The van der Waals surface area contributed by atoms with Crippen LogP contribution < -0.4 is 10.1 Å². The van der Waals surface area contributed by atoms with Gasteiger partial charge in [-0.2, -0.15) is 4.98 Å². The highest BCUT2D eigenvalue weighted by molar-refractivity contribution is 5.89. The van der Waals surface area contributed by atoms with Gasteiger partial charge in [-0.15, -0.1) is 0 Å². The van der Waals surface area contributed by atoms with Gasteiger partial charge in [-0.05, 0) is 74.4 Å². The average molecular weight is 572 g/mol.